The van der Waals surface area contributed by atoms with Crippen LogP contribution in [0.2, 0.25) is 10.0 Å². The molecule has 1 heterocycles. The lowest BCUT2D eigenvalue weighted by atomic mass is 10.1. The Labute approximate surface area is 155 Å². The SMILES string of the molecule is Cc1noc(C)c1C(=O)O[C@H](C)C(=O)N[C@H](C)c1ccc(Cl)cc1Cl. The summed E-state index contributed by atoms with van der Waals surface area (Å²) < 4.78 is 10.1. The standard InChI is InChI=1S/C17H18Cl2N2O4/c1-8(13-6-5-12(18)7-14(13)19)20-16(22)11(4)24-17(23)15-9(2)21-25-10(15)3/h5-8,11H,1-4H3,(H,20,22)/t8-,11-/m1/s1. The number of nitrogens with one attached hydrogen (secondary N) is 1. The van der Waals surface area contributed by atoms with E-state index >= 15 is 0 Å². The molecule has 0 fully saturated rings. The first-order valence-corrected chi connectivity index (χ1v) is 8.35. The Kier molecular flexibility index (Phi) is 6.08. The van der Waals surface area contributed by atoms with Gasteiger partial charge in [-0.15, -0.1) is 0 Å². The summed E-state index contributed by atoms with van der Waals surface area (Å²) in [5.41, 5.74) is 1.36. The van der Waals surface area contributed by atoms with Gasteiger partial charge in [0.25, 0.3) is 5.91 Å². The number of aryl methyl sites for hydroxylation is 2. The molecular formula is C17H18Cl2N2O4. The van der Waals surface area contributed by atoms with E-state index in [-0.39, 0.29) is 11.6 Å². The predicted molar refractivity (Wildman–Crippen MR) is 93.9 cm³/mol. The summed E-state index contributed by atoms with van der Waals surface area (Å²) in [4.78, 5) is 24.5. The van der Waals surface area contributed by atoms with Crippen LogP contribution < -0.4 is 5.32 Å². The number of hydrogen-bond acceptors (Lipinski definition) is 5. The molecule has 0 saturated heterocycles. The van der Waals surface area contributed by atoms with Crippen LogP contribution in [0.3, 0.4) is 0 Å². The zero-order valence-corrected chi connectivity index (χ0v) is 15.7. The third-order valence-corrected chi connectivity index (χ3v) is 4.24. The van der Waals surface area contributed by atoms with Gasteiger partial charge in [0.15, 0.2) is 6.10 Å². The largest absolute Gasteiger partial charge is 0.449 e. The van der Waals surface area contributed by atoms with Crippen molar-refractivity contribution in [1.29, 1.82) is 0 Å². The molecule has 2 atom stereocenters. The van der Waals surface area contributed by atoms with E-state index in [1.165, 1.54) is 6.92 Å². The van der Waals surface area contributed by atoms with Crippen LogP contribution in [0.4, 0.5) is 0 Å². The fourth-order valence-corrected chi connectivity index (χ4v) is 2.88. The highest BCUT2D eigenvalue weighted by Gasteiger charge is 2.25. The van der Waals surface area contributed by atoms with Crippen molar-refractivity contribution >= 4 is 35.1 Å². The van der Waals surface area contributed by atoms with Crippen LogP contribution in [0.1, 0.15) is 47.3 Å². The zero-order chi connectivity index (χ0) is 18.7. The molecule has 8 heteroatoms. The van der Waals surface area contributed by atoms with Crippen LogP contribution >= 0.6 is 23.2 Å². The molecule has 0 spiro atoms. The highest BCUT2D eigenvalue weighted by atomic mass is 35.5. The minimum absolute atomic E-state index is 0.230. The zero-order valence-electron chi connectivity index (χ0n) is 14.2. The topological polar surface area (TPSA) is 81.4 Å². The Morgan fingerprint density at radius 3 is 2.48 bits per heavy atom. The third-order valence-electron chi connectivity index (χ3n) is 3.68. The second kappa shape index (κ2) is 7.89. The van der Waals surface area contributed by atoms with E-state index in [2.05, 4.69) is 10.5 Å². The van der Waals surface area contributed by atoms with Crippen molar-refractivity contribution in [2.24, 2.45) is 0 Å². The summed E-state index contributed by atoms with van der Waals surface area (Å²) in [6.07, 6.45) is -0.991. The van der Waals surface area contributed by atoms with Crippen molar-refractivity contribution in [3.8, 4) is 0 Å². The molecule has 0 aliphatic carbocycles. The minimum atomic E-state index is -0.991. The molecule has 0 aliphatic rings. The molecule has 134 valence electrons. The van der Waals surface area contributed by atoms with Gasteiger partial charge in [0.1, 0.15) is 11.3 Å². The van der Waals surface area contributed by atoms with E-state index in [9.17, 15) is 9.59 Å². The quantitative estimate of drug-likeness (QED) is 0.787. The maximum Gasteiger partial charge on any atom is 0.344 e. The Morgan fingerprint density at radius 1 is 1.24 bits per heavy atom. The van der Waals surface area contributed by atoms with Gasteiger partial charge in [0, 0.05) is 10.0 Å². The van der Waals surface area contributed by atoms with Gasteiger partial charge in [-0.25, -0.2) is 4.79 Å². The average Bonchev–Trinajstić information content (AvgIpc) is 2.85. The number of carbonyl (C=O) groups is 2. The maximum atomic E-state index is 12.3. The Bertz CT molecular complexity index is 784. The molecule has 1 aromatic carbocycles. The number of ether oxygens (including phenoxy) is 1. The lowest BCUT2D eigenvalue weighted by molar-refractivity contribution is -0.129. The van der Waals surface area contributed by atoms with E-state index in [0.29, 0.717) is 27.1 Å². The molecule has 0 bridgehead atoms. The molecule has 0 aliphatic heterocycles. The number of benzene rings is 1. The molecule has 0 saturated carbocycles. The number of amides is 1. The summed E-state index contributed by atoms with van der Waals surface area (Å²) in [6, 6.07) is 4.64. The van der Waals surface area contributed by atoms with Crippen LogP contribution in [-0.2, 0) is 9.53 Å². The van der Waals surface area contributed by atoms with E-state index in [1.54, 1.807) is 39.0 Å². The molecule has 1 N–H and O–H groups in total. The predicted octanol–water partition coefficient (Wildman–Crippen LogP) is 4.02. The van der Waals surface area contributed by atoms with Crippen molar-refractivity contribution in [2.75, 3.05) is 0 Å². The second-order valence-electron chi connectivity index (χ2n) is 5.64. The van der Waals surface area contributed by atoms with Crippen molar-refractivity contribution < 1.29 is 18.8 Å². The number of nitrogens with zero attached hydrogens (tertiary/aromatic N) is 1. The number of carbonyl (C=O) groups excluding carboxylic acids is 2. The molecule has 2 aromatic rings. The maximum absolute atomic E-state index is 12.3. The first-order valence-electron chi connectivity index (χ1n) is 7.60. The normalized spacial score (nSPS) is 13.2. The molecule has 1 amide bonds. The number of esters is 1. The molecule has 2 rings (SSSR count). The summed E-state index contributed by atoms with van der Waals surface area (Å²) in [6.45, 7) is 6.49. The highest BCUT2D eigenvalue weighted by molar-refractivity contribution is 6.35. The van der Waals surface area contributed by atoms with Gasteiger partial charge in [0.2, 0.25) is 0 Å². The lowest BCUT2D eigenvalue weighted by Crippen LogP contribution is -2.37. The molecule has 25 heavy (non-hydrogen) atoms. The Hall–Kier alpha value is -2.05. The van der Waals surface area contributed by atoms with Crippen molar-refractivity contribution in [3.05, 3.63) is 50.8 Å². The minimum Gasteiger partial charge on any atom is -0.449 e. The molecular weight excluding hydrogens is 367 g/mol. The number of halogens is 2. The smallest absolute Gasteiger partial charge is 0.344 e. The monoisotopic (exact) mass is 384 g/mol. The van der Waals surface area contributed by atoms with Gasteiger partial charge in [-0.05, 0) is 45.4 Å². The third kappa shape index (κ3) is 4.52. The Balaban J connectivity index is 2.01. The first-order chi connectivity index (χ1) is 11.7. The van der Waals surface area contributed by atoms with E-state index < -0.39 is 18.0 Å². The van der Waals surface area contributed by atoms with Crippen LogP contribution in [0.5, 0.6) is 0 Å². The van der Waals surface area contributed by atoms with E-state index in [1.807, 2.05) is 0 Å². The van der Waals surface area contributed by atoms with Crippen molar-refractivity contribution in [1.82, 2.24) is 10.5 Å². The summed E-state index contributed by atoms with van der Waals surface area (Å²) in [5.74, 6) is -0.758. The van der Waals surface area contributed by atoms with Crippen LogP contribution in [0.15, 0.2) is 22.7 Å². The number of rotatable bonds is 5. The van der Waals surface area contributed by atoms with Crippen LogP contribution in [0.25, 0.3) is 0 Å². The molecule has 6 nitrogen and oxygen atoms in total. The average molecular weight is 385 g/mol. The Morgan fingerprint density at radius 2 is 1.92 bits per heavy atom. The first kappa shape index (κ1) is 19.3. The summed E-state index contributed by atoms with van der Waals surface area (Å²) >= 11 is 12.0. The van der Waals surface area contributed by atoms with Crippen LogP contribution in [-0.4, -0.2) is 23.1 Å². The second-order valence-corrected chi connectivity index (χ2v) is 6.49. The van der Waals surface area contributed by atoms with E-state index in [0.717, 1.165) is 0 Å². The van der Waals surface area contributed by atoms with Gasteiger partial charge in [0.05, 0.1) is 11.7 Å². The summed E-state index contributed by atoms with van der Waals surface area (Å²) in [5, 5.41) is 7.40. The molecule has 0 radical (unpaired) electrons. The van der Waals surface area contributed by atoms with Crippen molar-refractivity contribution in [3.63, 3.8) is 0 Å². The fraction of sp³-hybridized carbons (Fsp3) is 0.353. The lowest BCUT2D eigenvalue weighted by Gasteiger charge is -2.19. The van der Waals surface area contributed by atoms with Gasteiger partial charge in [-0.1, -0.05) is 34.4 Å². The number of hydrogen-bond donors (Lipinski definition) is 1. The van der Waals surface area contributed by atoms with Gasteiger partial charge in [-0.2, -0.15) is 0 Å². The molecule has 0 unspecified atom stereocenters. The van der Waals surface area contributed by atoms with Gasteiger partial charge < -0.3 is 14.6 Å². The highest BCUT2D eigenvalue weighted by Crippen LogP contribution is 2.26. The van der Waals surface area contributed by atoms with E-state index in [4.69, 9.17) is 32.5 Å². The summed E-state index contributed by atoms with van der Waals surface area (Å²) in [7, 11) is 0. The fourth-order valence-electron chi connectivity index (χ4n) is 2.31. The number of aromatic nitrogens is 1. The van der Waals surface area contributed by atoms with Gasteiger partial charge >= 0.3 is 5.97 Å². The van der Waals surface area contributed by atoms with Crippen LogP contribution in [0, 0.1) is 13.8 Å². The molecule has 1 aromatic heterocycles. The van der Waals surface area contributed by atoms with Gasteiger partial charge in [-0.3, -0.25) is 4.79 Å². The van der Waals surface area contributed by atoms with Crippen molar-refractivity contribution in [2.45, 2.75) is 39.8 Å².